The maximum absolute atomic E-state index is 13.0. The van der Waals surface area contributed by atoms with Crippen LogP contribution < -0.4 is 5.32 Å². The number of aromatic nitrogens is 1. The van der Waals surface area contributed by atoms with E-state index in [-0.39, 0.29) is 35.3 Å². The molecule has 0 fully saturated rings. The Morgan fingerprint density at radius 3 is 2.32 bits per heavy atom. The number of hydrogen-bond acceptors (Lipinski definition) is 7. The van der Waals surface area contributed by atoms with E-state index in [1.165, 1.54) is 59.1 Å². The van der Waals surface area contributed by atoms with E-state index in [2.05, 4.69) is 10.3 Å². The molecular weight excluding hydrogens is 465 g/mol. The molecule has 0 radical (unpaired) electrons. The number of oxazole rings is 1. The van der Waals surface area contributed by atoms with Crippen LogP contribution in [0.4, 0.5) is 4.39 Å². The lowest BCUT2D eigenvalue weighted by Gasteiger charge is -2.18. The molecule has 0 aliphatic rings. The van der Waals surface area contributed by atoms with Crippen LogP contribution in [0.1, 0.15) is 29.9 Å². The highest BCUT2D eigenvalue weighted by Crippen LogP contribution is 2.19. The van der Waals surface area contributed by atoms with Crippen molar-refractivity contribution < 1.29 is 31.6 Å². The van der Waals surface area contributed by atoms with Gasteiger partial charge in [-0.05, 0) is 48.5 Å². The minimum Gasteiger partial charge on any atom is -0.458 e. The zero-order valence-electron chi connectivity index (χ0n) is 18.7. The third-order valence-electron chi connectivity index (χ3n) is 4.88. The molecule has 2 aromatic carbocycles. The Balaban J connectivity index is 1.49. The van der Waals surface area contributed by atoms with Crippen molar-refractivity contribution in [2.24, 2.45) is 0 Å². The van der Waals surface area contributed by atoms with Crippen LogP contribution in [0.2, 0.25) is 0 Å². The van der Waals surface area contributed by atoms with Gasteiger partial charge in [-0.25, -0.2) is 17.8 Å². The van der Waals surface area contributed by atoms with Gasteiger partial charge in [0.25, 0.3) is 5.91 Å². The molecule has 0 spiro atoms. The van der Waals surface area contributed by atoms with Crippen LogP contribution in [0, 0.1) is 5.82 Å². The first-order valence-corrected chi connectivity index (χ1v) is 11.9. The topological polar surface area (TPSA) is 119 Å². The minimum absolute atomic E-state index is 0.0831. The summed E-state index contributed by atoms with van der Waals surface area (Å²) in [5, 5.41) is 2.42. The summed E-state index contributed by atoms with van der Waals surface area (Å²) in [6.45, 7) is 3.61. The lowest BCUT2D eigenvalue weighted by molar-refractivity contribution is -0.143. The van der Waals surface area contributed by atoms with Crippen LogP contribution in [0.25, 0.3) is 11.5 Å². The fraction of sp³-hybridized carbons (Fsp3) is 0.261. The largest absolute Gasteiger partial charge is 0.458 e. The second-order valence-electron chi connectivity index (χ2n) is 7.11. The minimum atomic E-state index is -3.62. The number of rotatable bonds is 10. The summed E-state index contributed by atoms with van der Waals surface area (Å²) < 4.78 is 49.7. The highest BCUT2D eigenvalue weighted by Gasteiger charge is 2.21. The maximum atomic E-state index is 13.0. The highest BCUT2D eigenvalue weighted by molar-refractivity contribution is 7.89. The normalized spacial score (nSPS) is 11.4. The Kier molecular flexibility index (Phi) is 8.13. The summed E-state index contributed by atoms with van der Waals surface area (Å²) in [7, 11) is -3.62. The molecule has 0 atom stereocenters. The van der Waals surface area contributed by atoms with Gasteiger partial charge in [-0.1, -0.05) is 13.8 Å². The van der Waals surface area contributed by atoms with E-state index in [0.717, 1.165) is 0 Å². The second kappa shape index (κ2) is 11.0. The van der Waals surface area contributed by atoms with Gasteiger partial charge in [-0.15, -0.1) is 0 Å². The van der Waals surface area contributed by atoms with Crippen molar-refractivity contribution in [1.29, 1.82) is 0 Å². The summed E-state index contributed by atoms with van der Waals surface area (Å²) >= 11 is 0. The number of ether oxygens (including phenoxy) is 1. The van der Waals surface area contributed by atoms with Crippen LogP contribution in [0.5, 0.6) is 0 Å². The van der Waals surface area contributed by atoms with Crippen molar-refractivity contribution in [3.8, 4) is 11.5 Å². The lowest BCUT2D eigenvalue weighted by atomic mass is 10.2. The summed E-state index contributed by atoms with van der Waals surface area (Å²) in [6.07, 6.45) is 1.32. The number of benzene rings is 2. The smallest absolute Gasteiger partial charge is 0.325 e. The van der Waals surface area contributed by atoms with Gasteiger partial charge in [0.05, 0.1) is 4.90 Å². The van der Waals surface area contributed by atoms with Gasteiger partial charge in [0.15, 0.2) is 0 Å². The molecule has 3 aromatic rings. The number of amides is 1. The molecular formula is C23H24FN3O6S. The predicted octanol–water partition coefficient (Wildman–Crippen LogP) is 2.98. The molecule has 1 amide bonds. The fourth-order valence-electron chi connectivity index (χ4n) is 3.05. The molecule has 11 heteroatoms. The SMILES string of the molecule is CCN(CC)S(=O)(=O)c1ccc(C(=O)NCC(=O)OCc2coc(-c3ccc(F)cc3)n2)cc1. The molecule has 1 aromatic heterocycles. The molecule has 3 rings (SSSR count). The second-order valence-corrected chi connectivity index (χ2v) is 9.05. The first-order chi connectivity index (χ1) is 16.2. The average Bonchev–Trinajstić information content (AvgIpc) is 3.31. The summed E-state index contributed by atoms with van der Waals surface area (Å²) in [5.41, 5.74) is 1.12. The average molecular weight is 490 g/mol. The lowest BCUT2D eigenvalue weighted by Crippen LogP contribution is -2.31. The summed E-state index contributed by atoms with van der Waals surface area (Å²) in [6, 6.07) is 11.0. The molecule has 0 saturated heterocycles. The van der Waals surface area contributed by atoms with Crippen LogP contribution in [-0.2, 0) is 26.2 Å². The van der Waals surface area contributed by atoms with Gasteiger partial charge < -0.3 is 14.5 Å². The summed E-state index contributed by atoms with van der Waals surface area (Å²) in [4.78, 5) is 28.5. The Morgan fingerprint density at radius 2 is 1.71 bits per heavy atom. The van der Waals surface area contributed by atoms with Crippen LogP contribution in [0.3, 0.4) is 0 Å². The number of nitrogens with zero attached hydrogens (tertiary/aromatic N) is 2. The third kappa shape index (κ3) is 6.06. The monoisotopic (exact) mass is 489 g/mol. The zero-order chi connectivity index (χ0) is 24.7. The standard InChI is InChI=1S/C23H24FN3O6S/c1-3-27(4-2)34(30,31)20-11-7-16(8-12-20)22(29)25-13-21(28)32-14-19-15-33-23(26-19)17-5-9-18(24)10-6-17/h5-12,15H,3-4,13-14H2,1-2H3,(H,25,29). The Bertz CT molecular complexity index is 1240. The van der Waals surface area contributed by atoms with Gasteiger partial charge >= 0.3 is 5.97 Å². The van der Waals surface area contributed by atoms with E-state index in [1.807, 2.05) is 0 Å². The molecule has 1 N–H and O–H groups in total. The number of nitrogens with one attached hydrogen (secondary N) is 1. The Labute approximate surface area is 196 Å². The molecule has 1 heterocycles. The molecule has 180 valence electrons. The fourth-order valence-corrected chi connectivity index (χ4v) is 4.51. The number of esters is 1. The summed E-state index contributed by atoms with van der Waals surface area (Å²) in [5.74, 6) is -1.37. The highest BCUT2D eigenvalue weighted by atomic mass is 32.2. The van der Waals surface area contributed by atoms with E-state index in [1.54, 1.807) is 13.8 Å². The van der Waals surface area contributed by atoms with Crippen molar-refractivity contribution in [2.45, 2.75) is 25.3 Å². The number of carbonyl (C=O) groups excluding carboxylic acids is 2. The van der Waals surface area contributed by atoms with Crippen molar-refractivity contribution in [3.63, 3.8) is 0 Å². The van der Waals surface area contributed by atoms with Crippen molar-refractivity contribution in [1.82, 2.24) is 14.6 Å². The van der Waals surface area contributed by atoms with E-state index >= 15 is 0 Å². The number of halogens is 1. The van der Waals surface area contributed by atoms with Crippen molar-refractivity contribution in [3.05, 3.63) is 71.9 Å². The van der Waals surface area contributed by atoms with Gasteiger partial charge in [0.2, 0.25) is 15.9 Å². The first-order valence-electron chi connectivity index (χ1n) is 10.5. The van der Waals surface area contributed by atoms with Crippen LogP contribution in [0.15, 0.2) is 64.1 Å². The number of sulfonamides is 1. The quantitative estimate of drug-likeness (QED) is 0.435. The molecule has 0 aliphatic heterocycles. The molecule has 9 nitrogen and oxygen atoms in total. The van der Waals surface area contributed by atoms with Crippen molar-refractivity contribution in [2.75, 3.05) is 19.6 Å². The zero-order valence-corrected chi connectivity index (χ0v) is 19.5. The van der Waals surface area contributed by atoms with Gasteiger partial charge in [0, 0.05) is 24.2 Å². The number of carbonyl (C=O) groups is 2. The van der Waals surface area contributed by atoms with E-state index in [0.29, 0.717) is 24.3 Å². The molecule has 34 heavy (non-hydrogen) atoms. The van der Waals surface area contributed by atoms with Gasteiger partial charge in [-0.3, -0.25) is 9.59 Å². The molecule has 0 bridgehead atoms. The van der Waals surface area contributed by atoms with E-state index < -0.39 is 21.9 Å². The Hall–Kier alpha value is -3.57. The van der Waals surface area contributed by atoms with Gasteiger partial charge in [-0.2, -0.15) is 4.31 Å². The maximum Gasteiger partial charge on any atom is 0.325 e. The van der Waals surface area contributed by atoms with E-state index in [9.17, 15) is 22.4 Å². The van der Waals surface area contributed by atoms with Crippen LogP contribution in [-0.4, -0.2) is 49.2 Å². The number of hydrogen-bond donors (Lipinski definition) is 1. The first kappa shape index (κ1) is 25.1. The predicted molar refractivity (Wildman–Crippen MR) is 121 cm³/mol. The van der Waals surface area contributed by atoms with E-state index in [4.69, 9.17) is 9.15 Å². The molecule has 0 saturated carbocycles. The molecule has 0 unspecified atom stereocenters. The van der Waals surface area contributed by atoms with Crippen LogP contribution >= 0.6 is 0 Å². The van der Waals surface area contributed by atoms with Crippen molar-refractivity contribution >= 4 is 21.9 Å². The Morgan fingerprint density at radius 1 is 1.06 bits per heavy atom. The molecule has 0 aliphatic carbocycles. The third-order valence-corrected chi connectivity index (χ3v) is 6.94. The van der Waals surface area contributed by atoms with Gasteiger partial charge in [0.1, 0.15) is 30.9 Å².